The second kappa shape index (κ2) is 6.36. The quantitative estimate of drug-likeness (QED) is 0.518. The van der Waals surface area contributed by atoms with Gasteiger partial charge < -0.3 is 9.13 Å². The second-order valence-electron chi connectivity index (χ2n) is 5.10. The molecule has 3 rings (SSSR count). The SMILES string of the molecule is C=CCn1c(C)nnc1SCCc1nc2ccccc2n1C. The van der Waals surface area contributed by atoms with Crippen molar-refractivity contribution in [2.45, 2.75) is 25.0 Å². The van der Waals surface area contributed by atoms with Gasteiger partial charge in [0.2, 0.25) is 0 Å². The van der Waals surface area contributed by atoms with Crippen LogP contribution in [0.4, 0.5) is 0 Å². The Morgan fingerprint density at radius 3 is 2.86 bits per heavy atom. The number of aromatic nitrogens is 5. The number of para-hydroxylation sites is 2. The van der Waals surface area contributed by atoms with Crippen LogP contribution in [-0.4, -0.2) is 30.1 Å². The number of fused-ring (bicyclic) bond motifs is 1. The third-order valence-electron chi connectivity index (χ3n) is 3.65. The van der Waals surface area contributed by atoms with Crippen molar-refractivity contribution in [1.82, 2.24) is 24.3 Å². The summed E-state index contributed by atoms with van der Waals surface area (Å²) in [6.45, 7) is 6.49. The first kappa shape index (κ1) is 14.8. The molecule has 2 aromatic heterocycles. The van der Waals surface area contributed by atoms with Crippen LogP contribution in [0.15, 0.2) is 42.1 Å². The summed E-state index contributed by atoms with van der Waals surface area (Å²) in [5.74, 6) is 2.94. The van der Waals surface area contributed by atoms with Crippen molar-refractivity contribution in [3.63, 3.8) is 0 Å². The molecule has 0 unspecified atom stereocenters. The summed E-state index contributed by atoms with van der Waals surface area (Å²) in [5.41, 5.74) is 2.23. The van der Waals surface area contributed by atoms with Crippen LogP contribution < -0.4 is 0 Å². The van der Waals surface area contributed by atoms with E-state index in [1.165, 1.54) is 5.52 Å². The molecule has 0 spiro atoms. The van der Waals surface area contributed by atoms with Gasteiger partial charge in [-0.05, 0) is 19.1 Å². The van der Waals surface area contributed by atoms with Gasteiger partial charge in [0, 0.05) is 25.8 Å². The van der Waals surface area contributed by atoms with Crippen LogP contribution in [0.5, 0.6) is 0 Å². The lowest BCUT2D eigenvalue weighted by atomic mass is 10.3. The van der Waals surface area contributed by atoms with E-state index < -0.39 is 0 Å². The average molecular weight is 313 g/mol. The van der Waals surface area contributed by atoms with Crippen molar-refractivity contribution in [1.29, 1.82) is 0 Å². The Bertz CT molecular complexity index is 802. The smallest absolute Gasteiger partial charge is 0.191 e. The minimum Gasteiger partial charge on any atom is -0.331 e. The third kappa shape index (κ3) is 2.78. The normalized spacial score (nSPS) is 11.2. The summed E-state index contributed by atoms with van der Waals surface area (Å²) in [7, 11) is 2.07. The molecule has 0 N–H and O–H groups in total. The molecule has 0 fully saturated rings. The fourth-order valence-electron chi connectivity index (χ4n) is 2.46. The molecule has 3 aromatic rings. The Morgan fingerprint density at radius 2 is 2.09 bits per heavy atom. The van der Waals surface area contributed by atoms with Crippen LogP contribution in [0, 0.1) is 6.92 Å². The lowest BCUT2D eigenvalue weighted by molar-refractivity contribution is 0.703. The molecule has 0 saturated heterocycles. The van der Waals surface area contributed by atoms with Crippen LogP contribution in [0.3, 0.4) is 0 Å². The summed E-state index contributed by atoms with van der Waals surface area (Å²) < 4.78 is 4.24. The number of imidazole rings is 1. The first-order valence-corrected chi connectivity index (χ1v) is 8.23. The van der Waals surface area contributed by atoms with Gasteiger partial charge in [-0.3, -0.25) is 0 Å². The molecule has 0 radical (unpaired) electrons. The summed E-state index contributed by atoms with van der Waals surface area (Å²) >= 11 is 1.71. The molecule has 0 aliphatic heterocycles. The lowest BCUT2D eigenvalue weighted by Gasteiger charge is -2.05. The zero-order valence-corrected chi connectivity index (χ0v) is 13.7. The van der Waals surface area contributed by atoms with Crippen LogP contribution in [0.25, 0.3) is 11.0 Å². The fraction of sp³-hybridized carbons (Fsp3) is 0.312. The first-order valence-electron chi connectivity index (χ1n) is 7.24. The average Bonchev–Trinajstić information content (AvgIpc) is 3.03. The number of allylic oxidation sites excluding steroid dienone is 1. The van der Waals surface area contributed by atoms with Crippen molar-refractivity contribution in [2.75, 3.05) is 5.75 Å². The Labute approximate surface area is 134 Å². The number of benzene rings is 1. The first-order chi connectivity index (χ1) is 10.7. The van der Waals surface area contributed by atoms with Gasteiger partial charge in [-0.25, -0.2) is 4.98 Å². The van der Waals surface area contributed by atoms with E-state index in [0.29, 0.717) is 0 Å². The van der Waals surface area contributed by atoms with Crippen molar-refractivity contribution in [3.05, 3.63) is 48.6 Å². The van der Waals surface area contributed by atoms with Gasteiger partial charge >= 0.3 is 0 Å². The van der Waals surface area contributed by atoms with Crippen LogP contribution in [-0.2, 0) is 20.0 Å². The predicted octanol–water partition coefficient (Wildman–Crippen LogP) is 2.99. The van der Waals surface area contributed by atoms with Crippen molar-refractivity contribution < 1.29 is 0 Å². The van der Waals surface area contributed by atoms with E-state index >= 15 is 0 Å². The molecule has 6 heteroatoms. The molecular formula is C16H19N5S. The number of aryl methyl sites for hydroxylation is 3. The monoisotopic (exact) mass is 313 g/mol. The van der Waals surface area contributed by atoms with E-state index in [0.717, 1.165) is 41.0 Å². The molecule has 114 valence electrons. The summed E-state index contributed by atoms with van der Waals surface area (Å²) in [6, 6.07) is 8.22. The molecule has 0 bridgehead atoms. The fourth-order valence-corrected chi connectivity index (χ4v) is 3.39. The van der Waals surface area contributed by atoms with E-state index in [4.69, 9.17) is 4.98 Å². The van der Waals surface area contributed by atoms with Gasteiger partial charge in [-0.2, -0.15) is 0 Å². The van der Waals surface area contributed by atoms with Crippen molar-refractivity contribution >= 4 is 22.8 Å². The number of hydrogen-bond acceptors (Lipinski definition) is 4. The van der Waals surface area contributed by atoms with E-state index in [2.05, 4.69) is 45.1 Å². The zero-order valence-electron chi connectivity index (χ0n) is 12.9. The molecule has 0 aliphatic carbocycles. The van der Waals surface area contributed by atoms with E-state index in [9.17, 15) is 0 Å². The molecule has 0 atom stereocenters. The number of hydrogen-bond donors (Lipinski definition) is 0. The highest BCUT2D eigenvalue weighted by Gasteiger charge is 2.10. The Kier molecular flexibility index (Phi) is 4.29. The topological polar surface area (TPSA) is 48.5 Å². The maximum atomic E-state index is 4.70. The molecule has 22 heavy (non-hydrogen) atoms. The summed E-state index contributed by atoms with van der Waals surface area (Å²) in [5, 5.41) is 9.31. The minimum atomic E-state index is 0.744. The predicted molar refractivity (Wildman–Crippen MR) is 90.1 cm³/mol. The molecular weight excluding hydrogens is 294 g/mol. The highest BCUT2D eigenvalue weighted by atomic mass is 32.2. The van der Waals surface area contributed by atoms with Crippen LogP contribution >= 0.6 is 11.8 Å². The van der Waals surface area contributed by atoms with Gasteiger partial charge in [0.15, 0.2) is 5.16 Å². The highest BCUT2D eigenvalue weighted by Crippen LogP contribution is 2.20. The zero-order chi connectivity index (χ0) is 15.5. The Hall–Kier alpha value is -2.08. The van der Waals surface area contributed by atoms with E-state index in [1.807, 2.05) is 25.1 Å². The molecule has 1 aromatic carbocycles. The largest absolute Gasteiger partial charge is 0.331 e. The third-order valence-corrected chi connectivity index (χ3v) is 4.62. The van der Waals surface area contributed by atoms with Gasteiger partial charge in [0.1, 0.15) is 11.6 Å². The second-order valence-corrected chi connectivity index (χ2v) is 6.17. The lowest BCUT2D eigenvalue weighted by Crippen LogP contribution is -2.03. The standard InChI is InChI=1S/C16H19N5S/c1-4-10-21-12(2)18-19-16(21)22-11-9-15-17-13-7-5-6-8-14(13)20(15)3/h4-8H,1,9-11H2,2-3H3. The Balaban J connectivity index is 1.70. The maximum Gasteiger partial charge on any atom is 0.191 e. The Morgan fingerprint density at radius 1 is 1.27 bits per heavy atom. The number of thioether (sulfide) groups is 1. The summed E-state index contributed by atoms with van der Waals surface area (Å²) in [6.07, 6.45) is 2.77. The molecule has 2 heterocycles. The number of rotatable bonds is 6. The highest BCUT2D eigenvalue weighted by molar-refractivity contribution is 7.99. The van der Waals surface area contributed by atoms with Gasteiger partial charge in [0.25, 0.3) is 0 Å². The molecule has 0 amide bonds. The van der Waals surface area contributed by atoms with Crippen molar-refractivity contribution in [2.24, 2.45) is 7.05 Å². The van der Waals surface area contributed by atoms with E-state index in [-0.39, 0.29) is 0 Å². The van der Waals surface area contributed by atoms with Crippen molar-refractivity contribution in [3.8, 4) is 0 Å². The van der Waals surface area contributed by atoms with Crippen LogP contribution in [0.1, 0.15) is 11.6 Å². The summed E-state index contributed by atoms with van der Waals surface area (Å²) in [4.78, 5) is 4.70. The molecule has 0 aliphatic rings. The minimum absolute atomic E-state index is 0.744. The van der Waals surface area contributed by atoms with Gasteiger partial charge in [0.05, 0.1) is 11.0 Å². The van der Waals surface area contributed by atoms with E-state index in [1.54, 1.807) is 11.8 Å². The van der Waals surface area contributed by atoms with Crippen LogP contribution in [0.2, 0.25) is 0 Å². The maximum absolute atomic E-state index is 4.70. The molecule has 5 nitrogen and oxygen atoms in total. The van der Waals surface area contributed by atoms with Gasteiger partial charge in [-0.15, -0.1) is 16.8 Å². The number of nitrogens with zero attached hydrogens (tertiary/aromatic N) is 5. The van der Waals surface area contributed by atoms with Gasteiger partial charge in [-0.1, -0.05) is 30.0 Å². The molecule has 0 saturated carbocycles.